The van der Waals surface area contributed by atoms with Crippen molar-refractivity contribution in [2.24, 2.45) is 0 Å². The monoisotopic (exact) mass is 273 g/mol. The van der Waals surface area contributed by atoms with Gasteiger partial charge in [0.1, 0.15) is 11.0 Å². The number of aromatic nitrogens is 1. The molecule has 0 atom stereocenters. The minimum absolute atomic E-state index is 0.352. The van der Waals surface area contributed by atoms with E-state index in [4.69, 9.17) is 23.2 Å². The molecule has 0 fully saturated rings. The van der Waals surface area contributed by atoms with Crippen molar-refractivity contribution in [3.8, 4) is 0 Å². The summed E-state index contributed by atoms with van der Waals surface area (Å²) < 4.78 is 13.1. The Balaban J connectivity index is 2.27. The summed E-state index contributed by atoms with van der Waals surface area (Å²) in [5.74, 6) is -0.352. The van der Waals surface area contributed by atoms with Gasteiger partial charge >= 0.3 is 0 Å². The van der Waals surface area contributed by atoms with E-state index in [0.29, 0.717) is 10.2 Å². The summed E-state index contributed by atoms with van der Waals surface area (Å²) in [6.07, 6.45) is 1.60. The minimum Gasteiger partial charge on any atom is -0.244 e. The Morgan fingerprint density at radius 2 is 1.88 bits per heavy atom. The highest BCUT2D eigenvalue weighted by Crippen LogP contribution is 2.30. The number of hydrogen-bond donors (Lipinski definition) is 0. The standard InChI is InChI=1S/C11H6Cl2FNS/c12-7-3-8(14)5-10(4-7)16-9-1-2-15-11(13)6-9/h1-6H. The molecule has 0 spiro atoms. The molecule has 2 rings (SSSR count). The van der Waals surface area contributed by atoms with Crippen LogP contribution in [0.2, 0.25) is 10.2 Å². The first-order valence-corrected chi connectivity index (χ1v) is 5.96. The highest BCUT2D eigenvalue weighted by atomic mass is 35.5. The van der Waals surface area contributed by atoms with Crippen LogP contribution in [-0.4, -0.2) is 4.98 Å². The lowest BCUT2D eigenvalue weighted by atomic mass is 10.3. The molecule has 0 aliphatic heterocycles. The maximum atomic E-state index is 13.1. The van der Waals surface area contributed by atoms with E-state index in [1.54, 1.807) is 24.4 Å². The quantitative estimate of drug-likeness (QED) is 0.737. The third kappa shape index (κ3) is 3.11. The van der Waals surface area contributed by atoms with E-state index >= 15 is 0 Å². The second-order valence-electron chi connectivity index (χ2n) is 3.02. The van der Waals surface area contributed by atoms with E-state index in [-0.39, 0.29) is 5.82 Å². The zero-order valence-electron chi connectivity index (χ0n) is 7.95. The molecule has 0 amide bonds. The molecule has 1 heterocycles. The average molecular weight is 274 g/mol. The number of halogens is 3. The molecule has 5 heteroatoms. The molecule has 16 heavy (non-hydrogen) atoms. The van der Waals surface area contributed by atoms with Crippen LogP contribution in [0, 0.1) is 5.82 Å². The van der Waals surface area contributed by atoms with Gasteiger partial charge < -0.3 is 0 Å². The van der Waals surface area contributed by atoms with Crippen LogP contribution in [-0.2, 0) is 0 Å². The lowest BCUT2D eigenvalue weighted by molar-refractivity contribution is 0.624. The highest BCUT2D eigenvalue weighted by Gasteiger charge is 2.02. The molecular formula is C11H6Cl2FNS. The van der Waals surface area contributed by atoms with Crippen LogP contribution in [0.25, 0.3) is 0 Å². The zero-order valence-corrected chi connectivity index (χ0v) is 10.3. The lowest BCUT2D eigenvalue weighted by Gasteiger charge is -2.02. The van der Waals surface area contributed by atoms with E-state index in [1.165, 1.54) is 23.9 Å². The van der Waals surface area contributed by atoms with E-state index < -0.39 is 0 Å². The van der Waals surface area contributed by atoms with Crippen molar-refractivity contribution in [3.05, 3.63) is 52.5 Å². The molecule has 0 unspecified atom stereocenters. The Morgan fingerprint density at radius 3 is 2.56 bits per heavy atom. The first-order chi connectivity index (χ1) is 7.63. The van der Waals surface area contributed by atoms with Crippen molar-refractivity contribution >= 4 is 35.0 Å². The smallest absolute Gasteiger partial charge is 0.130 e. The van der Waals surface area contributed by atoms with Gasteiger partial charge in [-0.05, 0) is 30.3 Å². The predicted octanol–water partition coefficient (Wildman–Crippen LogP) is 4.68. The van der Waals surface area contributed by atoms with Crippen molar-refractivity contribution in [1.82, 2.24) is 4.98 Å². The second-order valence-corrected chi connectivity index (χ2v) is 4.99. The predicted molar refractivity (Wildman–Crippen MR) is 64.8 cm³/mol. The fourth-order valence-corrected chi connectivity index (χ4v) is 2.63. The molecule has 0 aliphatic carbocycles. The van der Waals surface area contributed by atoms with Crippen LogP contribution in [0.5, 0.6) is 0 Å². The fourth-order valence-electron chi connectivity index (χ4n) is 1.17. The van der Waals surface area contributed by atoms with Crippen LogP contribution in [0.4, 0.5) is 4.39 Å². The SMILES string of the molecule is Fc1cc(Cl)cc(Sc2ccnc(Cl)c2)c1. The Labute approximate surface area is 107 Å². The average Bonchev–Trinajstić information content (AvgIpc) is 2.15. The number of hydrogen-bond acceptors (Lipinski definition) is 2. The second kappa shape index (κ2) is 5.04. The molecule has 0 N–H and O–H groups in total. The van der Waals surface area contributed by atoms with Crippen molar-refractivity contribution in [1.29, 1.82) is 0 Å². The number of rotatable bonds is 2. The Bertz CT molecular complexity index is 499. The van der Waals surface area contributed by atoms with Gasteiger partial charge in [0.25, 0.3) is 0 Å². The first kappa shape index (κ1) is 11.7. The van der Waals surface area contributed by atoms with Crippen molar-refractivity contribution in [2.75, 3.05) is 0 Å². The topological polar surface area (TPSA) is 12.9 Å². The summed E-state index contributed by atoms with van der Waals surface area (Å²) in [6, 6.07) is 7.90. The van der Waals surface area contributed by atoms with Crippen LogP contribution in [0.1, 0.15) is 0 Å². The third-order valence-electron chi connectivity index (χ3n) is 1.77. The van der Waals surface area contributed by atoms with Crippen molar-refractivity contribution in [2.45, 2.75) is 9.79 Å². The summed E-state index contributed by atoms with van der Waals surface area (Å²) in [5.41, 5.74) is 0. The molecule has 1 nitrogen and oxygen atoms in total. The molecule has 1 aromatic carbocycles. The van der Waals surface area contributed by atoms with Gasteiger partial charge in [-0.3, -0.25) is 0 Å². The first-order valence-electron chi connectivity index (χ1n) is 4.39. The molecule has 2 aromatic rings. The molecule has 0 aliphatic rings. The van der Waals surface area contributed by atoms with Crippen LogP contribution >= 0.6 is 35.0 Å². The van der Waals surface area contributed by atoms with Crippen molar-refractivity contribution < 1.29 is 4.39 Å². The Kier molecular flexibility index (Phi) is 3.69. The maximum absolute atomic E-state index is 13.1. The van der Waals surface area contributed by atoms with Gasteiger partial charge in [0.15, 0.2) is 0 Å². The lowest BCUT2D eigenvalue weighted by Crippen LogP contribution is -1.79. The number of pyridine rings is 1. The molecular weight excluding hydrogens is 268 g/mol. The molecule has 82 valence electrons. The van der Waals surface area contributed by atoms with Crippen LogP contribution < -0.4 is 0 Å². The van der Waals surface area contributed by atoms with Gasteiger partial charge in [-0.15, -0.1) is 0 Å². The van der Waals surface area contributed by atoms with E-state index in [0.717, 1.165) is 9.79 Å². The van der Waals surface area contributed by atoms with Crippen LogP contribution in [0.3, 0.4) is 0 Å². The minimum atomic E-state index is -0.352. The Hall–Kier alpha value is -0.770. The largest absolute Gasteiger partial charge is 0.244 e. The van der Waals surface area contributed by atoms with Gasteiger partial charge in [0.2, 0.25) is 0 Å². The third-order valence-corrected chi connectivity index (χ3v) is 3.16. The van der Waals surface area contributed by atoms with Crippen molar-refractivity contribution in [3.63, 3.8) is 0 Å². The van der Waals surface area contributed by atoms with Gasteiger partial charge in [-0.2, -0.15) is 0 Å². The highest BCUT2D eigenvalue weighted by molar-refractivity contribution is 7.99. The molecule has 1 aromatic heterocycles. The maximum Gasteiger partial charge on any atom is 0.130 e. The normalized spacial score (nSPS) is 10.4. The van der Waals surface area contributed by atoms with Gasteiger partial charge in [-0.1, -0.05) is 35.0 Å². The molecule has 0 saturated carbocycles. The number of nitrogens with zero attached hydrogens (tertiary/aromatic N) is 1. The summed E-state index contributed by atoms with van der Waals surface area (Å²) in [6.45, 7) is 0. The summed E-state index contributed by atoms with van der Waals surface area (Å²) in [5, 5.41) is 0.787. The van der Waals surface area contributed by atoms with Gasteiger partial charge in [-0.25, -0.2) is 9.37 Å². The van der Waals surface area contributed by atoms with Gasteiger partial charge in [0, 0.05) is 21.0 Å². The van der Waals surface area contributed by atoms with Crippen LogP contribution in [0.15, 0.2) is 46.3 Å². The Morgan fingerprint density at radius 1 is 1.06 bits per heavy atom. The van der Waals surface area contributed by atoms with E-state index in [2.05, 4.69) is 4.98 Å². The van der Waals surface area contributed by atoms with E-state index in [9.17, 15) is 4.39 Å². The molecule has 0 radical (unpaired) electrons. The summed E-state index contributed by atoms with van der Waals surface area (Å²) >= 11 is 12.9. The zero-order chi connectivity index (χ0) is 11.5. The molecule has 0 bridgehead atoms. The summed E-state index contributed by atoms with van der Waals surface area (Å²) in [4.78, 5) is 5.49. The fraction of sp³-hybridized carbons (Fsp3) is 0. The van der Waals surface area contributed by atoms with Gasteiger partial charge in [0.05, 0.1) is 0 Å². The number of benzene rings is 1. The van der Waals surface area contributed by atoms with E-state index in [1.807, 2.05) is 0 Å². The summed E-state index contributed by atoms with van der Waals surface area (Å²) in [7, 11) is 0. The molecule has 0 saturated heterocycles.